The van der Waals surface area contributed by atoms with Crippen molar-refractivity contribution in [1.29, 1.82) is 0 Å². The molecule has 6 heteroatoms. The van der Waals surface area contributed by atoms with Crippen LogP contribution in [0.5, 0.6) is 0 Å². The van der Waals surface area contributed by atoms with Gasteiger partial charge in [-0.2, -0.15) is 0 Å². The number of hydrogen-bond acceptors (Lipinski definition) is 3. The number of amides is 4. The van der Waals surface area contributed by atoms with Gasteiger partial charge in [0.05, 0.1) is 0 Å². The van der Waals surface area contributed by atoms with Crippen LogP contribution in [0.3, 0.4) is 0 Å². The van der Waals surface area contributed by atoms with Gasteiger partial charge in [-0.05, 0) is 31.7 Å². The molecule has 0 aliphatic carbocycles. The van der Waals surface area contributed by atoms with E-state index in [0.29, 0.717) is 32.4 Å². The third-order valence-electron chi connectivity index (χ3n) is 4.69. The Kier molecular flexibility index (Phi) is 4.07. The third kappa shape index (κ3) is 3.21. The van der Waals surface area contributed by atoms with E-state index >= 15 is 0 Å². The number of piperidine rings is 1. The molecule has 2 saturated heterocycles. The Morgan fingerprint density at radius 2 is 2.00 bits per heavy atom. The fourth-order valence-electron chi connectivity index (χ4n) is 3.30. The van der Waals surface area contributed by atoms with Crippen molar-refractivity contribution < 1.29 is 14.4 Å². The molecule has 4 amide bonds. The number of rotatable bonds is 3. The highest BCUT2D eigenvalue weighted by atomic mass is 16.2. The summed E-state index contributed by atoms with van der Waals surface area (Å²) in [4.78, 5) is 37.3. The standard InChI is InChI=1S/C17H21N3O3/c1-12-3-2-4-13(11-12)5-6-14(21)20-9-7-17(8-10-20)15(22)18-16(23)19-17/h2-4,11H,5-10H2,1H3,(H2,18,19,22,23). The lowest BCUT2D eigenvalue weighted by Crippen LogP contribution is -2.55. The second kappa shape index (κ2) is 6.02. The minimum absolute atomic E-state index is 0.103. The van der Waals surface area contributed by atoms with E-state index < -0.39 is 11.6 Å². The predicted molar refractivity (Wildman–Crippen MR) is 84.7 cm³/mol. The van der Waals surface area contributed by atoms with Crippen molar-refractivity contribution in [1.82, 2.24) is 15.5 Å². The van der Waals surface area contributed by atoms with Crippen molar-refractivity contribution >= 4 is 17.8 Å². The lowest BCUT2D eigenvalue weighted by molar-refractivity contribution is -0.135. The van der Waals surface area contributed by atoms with Gasteiger partial charge in [0.1, 0.15) is 5.54 Å². The van der Waals surface area contributed by atoms with Crippen LogP contribution in [0.25, 0.3) is 0 Å². The molecule has 0 aromatic heterocycles. The van der Waals surface area contributed by atoms with Gasteiger partial charge in [-0.25, -0.2) is 4.79 Å². The number of nitrogens with one attached hydrogen (secondary N) is 2. The molecule has 23 heavy (non-hydrogen) atoms. The van der Waals surface area contributed by atoms with Crippen molar-refractivity contribution in [2.24, 2.45) is 0 Å². The van der Waals surface area contributed by atoms with Gasteiger partial charge in [0.25, 0.3) is 5.91 Å². The molecule has 2 heterocycles. The molecule has 1 aromatic carbocycles. The van der Waals surface area contributed by atoms with Gasteiger partial charge in [-0.15, -0.1) is 0 Å². The maximum absolute atomic E-state index is 12.3. The van der Waals surface area contributed by atoms with E-state index in [9.17, 15) is 14.4 Å². The topological polar surface area (TPSA) is 78.5 Å². The molecule has 1 spiro atoms. The number of hydrogen-bond donors (Lipinski definition) is 2. The van der Waals surface area contributed by atoms with E-state index in [0.717, 1.165) is 12.0 Å². The first-order valence-corrected chi connectivity index (χ1v) is 7.95. The second-order valence-corrected chi connectivity index (χ2v) is 6.36. The number of urea groups is 1. The number of likely N-dealkylation sites (tertiary alicyclic amines) is 1. The zero-order valence-electron chi connectivity index (χ0n) is 13.2. The van der Waals surface area contributed by atoms with Crippen LogP contribution < -0.4 is 10.6 Å². The molecule has 2 N–H and O–H groups in total. The van der Waals surface area contributed by atoms with E-state index in [1.54, 1.807) is 4.90 Å². The van der Waals surface area contributed by atoms with Crippen molar-refractivity contribution in [2.45, 2.75) is 38.1 Å². The van der Waals surface area contributed by atoms with Crippen LogP contribution in [-0.4, -0.2) is 41.4 Å². The van der Waals surface area contributed by atoms with Gasteiger partial charge in [-0.3, -0.25) is 14.9 Å². The normalized spacial score (nSPS) is 19.6. The SMILES string of the molecule is Cc1cccc(CCC(=O)N2CCC3(CC2)NC(=O)NC3=O)c1. The zero-order chi connectivity index (χ0) is 16.4. The predicted octanol–water partition coefficient (Wildman–Crippen LogP) is 1.13. The first-order chi connectivity index (χ1) is 11.0. The Balaban J connectivity index is 1.52. The Bertz CT molecular complexity index is 648. The molecule has 122 valence electrons. The van der Waals surface area contributed by atoms with Gasteiger partial charge in [-0.1, -0.05) is 29.8 Å². The highest BCUT2D eigenvalue weighted by Gasteiger charge is 2.48. The lowest BCUT2D eigenvalue weighted by atomic mass is 9.87. The van der Waals surface area contributed by atoms with Crippen LogP contribution in [0.4, 0.5) is 4.79 Å². The van der Waals surface area contributed by atoms with Crippen molar-refractivity contribution in [3.8, 4) is 0 Å². The van der Waals surface area contributed by atoms with Crippen LogP contribution in [-0.2, 0) is 16.0 Å². The third-order valence-corrected chi connectivity index (χ3v) is 4.69. The maximum Gasteiger partial charge on any atom is 0.322 e. The molecular formula is C17H21N3O3. The molecule has 6 nitrogen and oxygen atoms in total. The Labute approximate surface area is 135 Å². The second-order valence-electron chi connectivity index (χ2n) is 6.36. The van der Waals surface area contributed by atoms with Crippen LogP contribution in [0, 0.1) is 6.92 Å². The fourth-order valence-corrected chi connectivity index (χ4v) is 3.30. The zero-order valence-corrected chi connectivity index (χ0v) is 13.2. The van der Waals surface area contributed by atoms with Crippen LogP contribution in [0.1, 0.15) is 30.4 Å². The van der Waals surface area contributed by atoms with Gasteiger partial charge in [0, 0.05) is 19.5 Å². The van der Waals surface area contributed by atoms with E-state index in [-0.39, 0.29) is 11.8 Å². The fraction of sp³-hybridized carbons (Fsp3) is 0.471. The average molecular weight is 315 g/mol. The smallest absolute Gasteiger partial charge is 0.322 e. The Hall–Kier alpha value is -2.37. The largest absolute Gasteiger partial charge is 0.342 e. The molecule has 2 fully saturated rings. The summed E-state index contributed by atoms with van der Waals surface area (Å²) in [5.41, 5.74) is 1.54. The monoisotopic (exact) mass is 315 g/mol. The molecule has 3 rings (SSSR count). The molecular weight excluding hydrogens is 294 g/mol. The number of carbonyl (C=O) groups excluding carboxylic acids is 3. The molecule has 0 saturated carbocycles. The molecule has 0 radical (unpaired) electrons. The van der Waals surface area contributed by atoms with E-state index in [4.69, 9.17) is 0 Å². The molecule has 2 aliphatic rings. The quantitative estimate of drug-likeness (QED) is 0.821. The van der Waals surface area contributed by atoms with E-state index in [1.165, 1.54) is 5.56 Å². The Morgan fingerprint density at radius 1 is 1.26 bits per heavy atom. The number of nitrogens with zero attached hydrogens (tertiary/aromatic N) is 1. The summed E-state index contributed by atoms with van der Waals surface area (Å²) in [6.07, 6.45) is 2.13. The minimum Gasteiger partial charge on any atom is -0.342 e. The van der Waals surface area contributed by atoms with Crippen molar-refractivity contribution in [3.05, 3.63) is 35.4 Å². The number of benzene rings is 1. The summed E-state index contributed by atoms with van der Waals surface area (Å²) in [7, 11) is 0. The van der Waals surface area contributed by atoms with Crippen molar-refractivity contribution in [3.63, 3.8) is 0 Å². The van der Waals surface area contributed by atoms with E-state index in [2.05, 4.69) is 16.7 Å². The number of imide groups is 1. The molecule has 0 atom stereocenters. The Morgan fingerprint density at radius 3 is 2.61 bits per heavy atom. The molecule has 2 aliphatic heterocycles. The molecule has 0 bridgehead atoms. The summed E-state index contributed by atoms with van der Waals surface area (Å²) in [5.74, 6) is -0.166. The average Bonchev–Trinajstić information content (AvgIpc) is 2.79. The summed E-state index contributed by atoms with van der Waals surface area (Å²) in [6, 6.07) is 7.73. The van der Waals surface area contributed by atoms with Crippen LogP contribution in [0.2, 0.25) is 0 Å². The summed E-state index contributed by atoms with van der Waals surface area (Å²) in [6.45, 7) is 3.04. The highest BCUT2D eigenvalue weighted by Crippen LogP contribution is 2.26. The van der Waals surface area contributed by atoms with Gasteiger partial charge in [0.15, 0.2) is 0 Å². The van der Waals surface area contributed by atoms with Gasteiger partial charge < -0.3 is 10.2 Å². The maximum atomic E-state index is 12.3. The first-order valence-electron chi connectivity index (χ1n) is 7.95. The van der Waals surface area contributed by atoms with Crippen LogP contribution >= 0.6 is 0 Å². The van der Waals surface area contributed by atoms with Crippen molar-refractivity contribution in [2.75, 3.05) is 13.1 Å². The highest BCUT2D eigenvalue weighted by molar-refractivity contribution is 6.07. The van der Waals surface area contributed by atoms with E-state index in [1.807, 2.05) is 25.1 Å². The molecule has 1 aromatic rings. The molecule has 0 unspecified atom stereocenters. The summed E-state index contributed by atoms with van der Waals surface area (Å²) >= 11 is 0. The lowest BCUT2D eigenvalue weighted by Gasteiger charge is -2.37. The van der Waals surface area contributed by atoms with Gasteiger partial charge in [0.2, 0.25) is 5.91 Å². The number of aryl methyl sites for hydroxylation is 2. The minimum atomic E-state index is -0.815. The first kappa shape index (κ1) is 15.5. The number of carbonyl (C=O) groups is 3. The summed E-state index contributed by atoms with van der Waals surface area (Å²) < 4.78 is 0. The van der Waals surface area contributed by atoms with Crippen LogP contribution in [0.15, 0.2) is 24.3 Å². The van der Waals surface area contributed by atoms with Gasteiger partial charge >= 0.3 is 6.03 Å². The summed E-state index contributed by atoms with van der Waals surface area (Å²) in [5, 5.41) is 4.99.